The molecule has 0 unspecified atom stereocenters. The number of anilines is 1. The van der Waals surface area contributed by atoms with Crippen molar-refractivity contribution in [2.75, 3.05) is 12.4 Å². The summed E-state index contributed by atoms with van der Waals surface area (Å²) in [5.41, 5.74) is 6.56. The first-order chi connectivity index (χ1) is 13.1. The average molecular weight is 402 g/mol. The van der Waals surface area contributed by atoms with E-state index in [-0.39, 0.29) is 10.9 Å². The normalized spacial score (nSPS) is 10.1. The molecule has 0 aliphatic carbocycles. The van der Waals surface area contributed by atoms with Gasteiger partial charge in [-0.15, -0.1) is 0 Å². The Bertz CT molecular complexity index is 957. The Morgan fingerprint density at radius 2 is 1.78 bits per heavy atom. The number of methoxy groups -OCH3 is 1. The fourth-order valence-corrected chi connectivity index (χ4v) is 2.68. The molecule has 0 aliphatic heterocycles. The Morgan fingerprint density at radius 3 is 2.48 bits per heavy atom. The number of carbonyl (C=O) groups is 1. The lowest BCUT2D eigenvalue weighted by Crippen LogP contribution is -2.43. The van der Waals surface area contributed by atoms with E-state index in [0.717, 1.165) is 11.4 Å². The van der Waals surface area contributed by atoms with Crippen LogP contribution in [0.15, 0.2) is 65.1 Å². The molecule has 2 aromatic carbocycles. The van der Waals surface area contributed by atoms with Gasteiger partial charge in [0.15, 0.2) is 10.9 Å². The van der Waals surface area contributed by atoms with Crippen LogP contribution in [0.4, 0.5) is 5.69 Å². The first kappa shape index (κ1) is 18.8. The van der Waals surface area contributed by atoms with Crippen LogP contribution in [0, 0.1) is 0 Å². The zero-order valence-electron chi connectivity index (χ0n) is 14.3. The maximum Gasteiger partial charge on any atom is 0.305 e. The first-order valence-corrected chi connectivity index (χ1v) is 8.71. The van der Waals surface area contributed by atoms with E-state index in [1.54, 1.807) is 49.6 Å². The van der Waals surface area contributed by atoms with E-state index in [1.165, 1.54) is 0 Å². The Kier molecular flexibility index (Phi) is 5.95. The van der Waals surface area contributed by atoms with Gasteiger partial charge in [0.2, 0.25) is 0 Å². The molecular formula is C19H16ClN3O3S. The van der Waals surface area contributed by atoms with Gasteiger partial charge in [-0.05, 0) is 60.7 Å². The van der Waals surface area contributed by atoms with Gasteiger partial charge in [0, 0.05) is 11.3 Å². The van der Waals surface area contributed by atoms with Gasteiger partial charge in [-0.3, -0.25) is 15.6 Å². The van der Waals surface area contributed by atoms with Crippen molar-refractivity contribution in [2.24, 2.45) is 0 Å². The lowest BCUT2D eigenvalue weighted by Gasteiger charge is -2.11. The molecule has 3 rings (SSSR count). The highest BCUT2D eigenvalue weighted by Crippen LogP contribution is 2.28. The third-order valence-corrected chi connectivity index (χ3v) is 4.14. The predicted molar refractivity (Wildman–Crippen MR) is 109 cm³/mol. The second-order valence-corrected chi connectivity index (χ2v) is 6.22. The minimum absolute atomic E-state index is 0.129. The van der Waals surface area contributed by atoms with E-state index in [4.69, 9.17) is 33.0 Å². The molecular weight excluding hydrogens is 386 g/mol. The topological polar surface area (TPSA) is 75.5 Å². The van der Waals surface area contributed by atoms with Gasteiger partial charge in [-0.1, -0.05) is 23.7 Å². The third kappa shape index (κ3) is 4.78. The highest BCUT2D eigenvalue weighted by atomic mass is 35.5. The van der Waals surface area contributed by atoms with Crippen LogP contribution in [0.25, 0.3) is 11.3 Å². The zero-order valence-corrected chi connectivity index (χ0v) is 15.9. The molecule has 8 heteroatoms. The smallest absolute Gasteiger partial charge is 0.305 e. The lowest BCUT2D eigenvalue weighted by molar-refractivity contribution is 0.0917. The molecule has 3 aromatic rings. The van der Waals surface area contributed by atoms with Crippen molar-refractivity contribution in [2.45, 2.75) is 0 Å². The highest BCUT2D eigenvalue weighted by molar-refractivity contribution is 7.80. The van der Waals surface area contributed by atoms with Crippen molar-refractivity contribution in [3.8, 4) is 17.1 Å². The molecule has 0 saturated carbocycles. The quantitative estimate of drug-likeness (QED) is 0.448. The summed E-state index contributed by atoms with van der Waals surface area (Å²) in [5.74, 6) is 0.904. The summed E-state index contributed by atoms with van der Waals surface area (Å²) in [7, 11) is 1.59. The molecule has 0 spiro atoms. The van der Waals surface area contributed by atoms with Crippen LogP contribution in [0.1, 0.15) is 10.6 Å². The van der Waals surface area contributed by atoms with Crippen LogP contribution >= 0.6 is 23.8 Å². The van der Waals surface area contributed by atoms with Crippen molar-refractivity contribution in [1.29, 1.82) is 0 Å². The molecule has 3 N–H and O–H groups in total. The van der Waals surface area contributed by atoms with E-state index >= 15 is 0 Å². The monoisotopic (exact) mass is 401 g/mol. The van der Waals surface area contributed by atoms with Crippen molar-refractivity contribution >= 4 is 40.5 Å². The largest absolute Gasteiger partial charge is 0.497 e. The average Bonchev–Trinajstić information content (AvgIpc) is 3.17. The molecule has 0 bridgehead atoms. The molecule has 0 radical (unpaired) electrons. The third-order valence-electron chi connectivity index (χ3n) is 3.61. The fraction of sp³-hybridized carbons (Fsp3) is 0.0526. The van der Waals surface area contributed by atoms with Crippen molar-refractivity contribution in [3.63, 3.8) is 0 Å². The minimum Gasteiger partial charge on any atom is -0.497 e. The fourth-order valence-electron chi connectivity index (χ4n) is 2.28. The number of halogens is 1. The molecule has 6 nitrogen and oxygen atoms in total. The number of rotatable bonds is 4. The number of benzene rings is 2. The van der Waals surface area contributed by atoms with Crippen LogP contribution < -0.4 is 20.9 Å². The Balaban J connectivity index is 1.56. The maximum absolute atomic E-state index is 12.2. The summed E-state index contributed by atoms with van der Waals surface area (Å²) in [6, 6.07) is 17.7. The summed E-state index contributed by atoms with van der Waals surface area (Å²) in [5, 5.41) is 3.71. The van der Waals surface area contributed by atoms with Crippen molar-refractivity contribution in [1.82, 2.24) is 10.9 Å². The number of hydrogen-bond acceptors (Lipinski definition) is 4. The Hall–Kier alpha value is -3.03. The first-order valence-electron chi connectivity index (χ1n) is 7.93. The molecule has 0 saturated heterocycles. The van der Waals surface area contributed by atoms with Crippen LogP contribution in [0.3, 0.4) is 0 Å². The Labute approximate surface area is 166 Å². The standard InChI is InChI=1S/C19H16ClN3O3S/c1-25-13-8-6-12(7-9-13)21-19(27)23-22-18(24)17-11-10-16(26-17)14-4-2-3-5-15(14)20/h2-11H,1H3,(H,22,24)(H2,21,23,27). The number of ether oxygens (including phenoxy) is 1. The van der Waals surface area contributed by atoms with Crippen LogP contribution in [-0.4, -0.2) is 18.1 Å². The number of carbonyl (C=O) groups excluding carboxylic acids is 1. The number of amides is 1. The number of thiocarbonyl (C=S) groups is 1. The number of hydrogen-bond donors (Lipinski definition) is 3. The van der Waals surface area contributed by atoms with E-state index in [2.05, 4.69) is 16.2 Å². The van der Waals surface area contributed by atoms with Crippen LogP contribution in [-0.2, 0) is 0 Å². The molecule has 0 fully saturated rings. The van der Waals surface area contributed by atoms with Crippen LogP contribution in [0.5, 0.6) is 5.75 Å². The summed E-state index contributed by atoms with van der Waals surface area (Å²) in [4.78, 5) is 12.2. The second kappa shape index (κ2) is 8.57. The van der Waals surface area contributed by atoms with Gasteiger partial charge in [0.05, 0.1) is 12.1 Å². The number of hydrazine groups is 1. The summed E-state index contributed by atoms with van der Waals surface area (Å²) in [6.45, 7) is 0. The van der Waals surface area contributed by atoms with Gasteiger partial charge in [0.1, 0.15) is 11.5 Å². The van der Waals surface area contributed by atoms with E-state index in [1.807, 2.05) is 18.2 Å². The predicted octanol–water partition coefficient (Wildman–Crippen LogP) is 4.24. The van der Waals surface area contributed by atoms with E-state index < -0.39 is 5.91 Å². The van der Waals surface area contributed by atoms with Gasteiger partial charge < -0.3 is 14.5 Å². The minimum atomic E-state index is -0.466. The molecule has 27 heavy (non-hydrogen) atoms. The summed E-state index contributed by atoms with van der Waals surface area (Å²) >= 11 is 11.3. The molecule has 1 amide bonds. The van der Waals surface area contributed by atoms with Crippen molar-refractivity contribution in [3.05, 3.63) is 71.4 Å². The van der Waals surface area contributed by atoms with Gasteiger partial charge in [-0.25, -0.2) is 0 Å². The van der Waals surface area contributed by atoms with Gasteiger partial charge >= 0.3 is 5.91 Å². The number of nitrogens with one attached hydrogen (secondary N) is 3. The molecule has 1 heterocycles. The summed E-state index contributed by atoms with van der Waals surface area (Å²) < 4.78 is 10.7. The molecule has 138 valence electrons. The SMILES string of the molecule is COc1ccc(NC(=S)NNC(=O)c2ccc(-c3ccccc3Cl)o2)cc1. The molecule has 0 aliphatic rings. The van der Waals surface area contributed by atoms with Crippen LogP contribution in [0.2, 0.25) is 5.02 Å². The van der Waals surface area contributed by atoms with E-state index in [9.17, 15) is 4.79 Å². The maximum atomic E-state index is 12.2. The van der Waals surface area contributed by atoms with E-state index in [0.29, 0.717) is 16.3 Å². The molecule has 1 aromatic heterocycles. The lowest BCUT2D eigenvalue weighted by atomic mass is 10.2. The number of furan rings is 1. The Morgan fingerprint density at radius 1 is 1.04 bits per heavy atom. The van der Waals surface area contributed by atoms with Gasteiger partial charge in [0.25, 0.3) is 0 Å². The second-order valence-electron chi connectivity index (χ2n) is 5.41. The summed E-state index contributed by atoms with van der Waals surface area (Å²) in [6.07, 6.45) is 0. The van der Waals surface area contributed by atoms with Crippen molar-refractivity contribution < 1.29 is 13.9 Å². The van der Waals surface area contributed by atoms with Gasteiger partial charge in [-0.2, -0.15) is 0 Å². The zero-order chi connectivity index (χ0) is 19.2. The highest BCUT2D eigenvalue weighted by Gasteiger charge is 2.14. The molecule has 0 atom stereocenters.